The van der Waals surface area contributed by atoms with E-state index in [1.54, 1.807) is 0 Å². The third-order valence-corrected chi connectivity index (χ3v) is 6.86. The molecule has 2 aromatic heterocycles. The Balaban J connectivity index is 1.43. The zero-order valence-electron chi connectivity index (χ0n) is 17.7. The predicted octanol–water partition coefficient (Wildman–Crippen LogP) is 5.07. The number of carbonyl (C=O) groups is 1. The molecule has 2 aliphatic rings. The van der Waals surface area contributed by atoms with Gasteiger partial charge in [-0.2, -0.15) is 10.1 Å². The Kier molecular flexibility index (Phi) is 5.06. The first-order chi connectivity index (χ1) is 15.4. The highest BCUT2D eigenvalue weighted by molar-refractivity contribution is 5.70. The second-order valence-corrected chi connectivity index (χ2v) is 8.86. The summed E-state index contributed by atoms with van der Waals surface area (Å²) in [6.45, 7) is 2.04. The second kappa shape index (κ2) is 7.79. The molecule has 5 rings (SSSR count). The molecule has 0 atom stereocenters. The van der Waals surface area contributed by atoms with Gasteiger partial charge in [0.1, 0.15) is 11.4 Å². The molecule has 1 aromatic carbocycles. The van der Waals surface area contributed by atoms with Crippen LogP contribution in [-0.2, 0) is 10.2 Å². The van der Waals surface area contributed by atoms with Crippen LogP contribution >= 0.6 is 0 Å². The number of aromatic nitrogens is 4. The third-order valence-electron chi connectivity index (χ3n) is 6.86. The lowest BCUT2D eigenvalue weighted by Crippen LogP contribution is -2.24. The van der Waals surface area contributed by atoms with E-state index in [1.807, 2.05) is 25.1 Å². The van der Waals surface area contributed by atoms with Gasteiger partial charge in [-0.1, -0.05) is 29.4 Å². The number of carboxylic acids is 1. The smallest absolute Gasteiger partial charge is 0.306 e. The van der Waals surface area contributed by atoms with Gasteiger partial charge < -0.3 is 9.63 Å². The predicted molar refractivity (Wildman–Crippen MR) is 110 cm³/mol. The number of rotatable bonds is 6. The van der Waals surface area contributed by atoms with Gasteiger partial charge >= 0.3 is 5.97 Å². The Labute approximate surface area is 183 Å². The van der Waals surface area contributed by atoms with E-state index >= 15 is 0 Å². The van der Waals surface area contributed by atoms with E-state index in [1.165, 1.54) is 10.7 Å². The van der Waals surface area contributed by atoms with Gasteiger partial charge in [0.05, 0.1) is 17.4 Å². The minimum atomic E-state index is -2.71. The summed E-state index contributed by atoms with van der Waals surface area (Å²) in [7, 11) is 0. The number of hydrogen-bond donors (Lipinski definition) is 1. The van der Waals surface area contributed by atoms with Gasteiger partial charge in [-0.25, -0.2) is 8.78 Å². The van der Waals surface area contributed by atoms with Gasteiger partial charge in [-0.3, -0.25) is 9.48 Å². The fourth-order valence-corrected chi connectivity index (χ4v) is 4.90. The molecule has 0 unspecified atom stereocenters. The molecule has 0 amide bonds. The molecule has 1 N–H and O–H groups in total. The average Bonchev–Trinajstić information content (AvgIpc) is 3.22. The highest BCUT2D eigenvalue weighted by atomic mass is 19.3. The van der Waals surface area contributed by atoms with Crippen molar-refractivity contribution in [1.82, 2.24) is 19.9 Å². The van der Waals surface area contributed by atoms with Crippen molar-refractivity contribution in [1.29, 1.82) is 0 Å². The van der Waals surface area contributed by atoms with Crippen LogP contribution < -0.4 is 0 Å². The van der Waals surface area contributed by atoms with Crippen LogP contribution in [0.5, 0.6) is 0 Å². The van der Waals surface area contributed by atoms with Crippen molar-refractivity contribution < 1.29 is 23.2 Å². The zero-order chi connectivity index (χ0) is 22.5. The van der Waals surface area contributed by atoms with Crippen molar-refractivity contribution in [2.45, 2.75) is 63.3 Å². The number of aliphatic carboxylic acids is 1. The van der Waals surface area contributed by atoms with Crippen molar-refractivity contribution in [3.8, 4) is 11.5 Å². The van der Waals surface area contributed by atoms with Crippen molar-refractivity contribution in [3.05, 3.63) is 53.0 Å². The second-order valence-electron chi connectivity index (χ2n) is 8.86. The van der Waals surface area contributed by atoms with Crippen LogP contribution in [0, 0.1) is 12.8 Å². The maximum atomic E-state index is 13.8. The number of carboxylic acid groups (broad SMARTS) is 1. The monoisotopic (exact) mass is 442 g/mol. The molecule has 3 aromatic rings. The summed E-state index contributed by atoms with van der Waals surface area (Å²) in [6.07, 6.45) is 0.956. The minimum Gasteiger partial charge on any atom is -0.481 e. The Morgan fingerprint density at radius 2 is 1.94 bits per heavy atom. The molecule has 0 aliphatic heterocycles. The van der Waals surface area contributed by atoms with Crippen molar-refractivity contribution in [3.63, 3.8) is 0 Å². The van der Waals surface area contributed by atoms with E-state index < -0.39 is 18.3 Å². The average molecular weight is 442 g/mol. The number of halogens is 2. The number of benzene rings is 1. The summed E-state index contributed by atoms with van der Waals surface area (Å²) >= 11 is 0. The first-order valence-corrected chi connectivity index (χ1v) is 10.9. The van der Waals surface area contributed by atoms with E-state index in [9.17, 15) is 18.7 Å². The van der Waals surface area contributed by atoms with Gasteiger partial charge in [0.15, 0.2) is 0 Å². The lowest BCUT2D eigenvalue weighted by molar-refractivity contribution is -0.143. The summed E-state index contributed by atoms with van der Waals surface area (Å²) in [5.74, 6) is -0.579. The summed E-state index contributed by atoms with van der Waals surface area (Å²) in [6, 6.07) is 9.12. The Hall–Kier alpha value is -3.10. The molecule has 168 valence electrons. The molecule has 32 heavy (non-hydrogen) atoms. The SMILES string of the molecule is Cc1ccccc1C1(c2nc(-c3cc(C(F)F)n(C4CCC(C(=O)O)CC4)n3)no2)CC1. The summed E-state index contributed by atoms with van der Waals surface area (Å²) in [5, 5.41) is 17.7. The van der Waals surface area contributed by atoms with Crippen LogP contribution in [0.25, 0.3) is 11.5 Å². The molecular formula is C23H24F2N4O3. The van der Waals surface area contributed by atoms with Crippen molar-refractivity contribution >= 4 is 5.97 Å². The molecule has 0 spiro atoms. The summed E-state index contributed by atoms with van der Waals surface area (Å²) in [5.41, 5.74) is 2.01. The van der Waals surface area contributed by atoms with E-state index in [0.29, 0.717) is 31.6 Å². The van der Waals surface area contributed by atoms with Crippen LogP contribution in [-0.4, -0.2) is 31.0 Å². The molecule has 9 heteroatoms. The van der Waals surface area contributed by atoms with Crippen LogP contribution in [0.3, 0.4) is 0 Å². The quantitative estimate of drug-likeness (QED) is 0.572. The minimum absolute atomic E-state index is 0.194. The molecule has 2 saturated carbocycles. The normalized spacial score (nSPS) is 22.2. The first kappa shape index (κ1) is 20.8. The molecule has 0 radical (unpaired) electrons. The van der Waals surface area contributed by atoms with Crippen molar-refractivity contribution in [2.24, 2.45) is 5.92 Å². The molecule has 0 saturated heterocycles. The zero-order valence-corrected chi connectivity index (χ0v) is 17.7. The van der Waals surface area contributed by atoms with E-state index in [0.717, 1.165) is 24.0 Å². The fourth-order valence-electron chi connectivity index (χ4n) is 4.90. The number of hydrogen-bond acceptors (Lipinski definition) is 5. The highest BCUT2D eigenvalue weighted by Gasteiger charge is 2.51. The van der Waals surface area contributed by atoms with Gasteiger partial charge in [-0.05, 0) is 62.6 Å². The highest BCUT2D eigenvalue weighted by Crippen LogP contribution is 2.54. The van der Waals surface area contributed by atoms with E-state index in [4.69, 9.17) is 4.52 Å². The van der Waals surface area contributed by atoms with Crippen LogP contribution in [0.15, 0.2) is 34.9 Å². The van der Waals surface area contributed by atoms with E-state index in [-0.39, 0.29) is 28.7 Å². The van der Waals surface area contributed by atoms with Crippen LogP contribution in [0.1, 0.15) is 73.7 Å². The standard InChI is InChI=1S/C23H24F2N4O3/c1-13-4-2-3-5-16(13)23(10-11-23)22-26-20(28-32-22)17-12-18(19(24)25)29(27-17)15-8-6-14(7-9-15)21(30)31/h2-5,12,14-15,19H,6-11H2,1H3,(H,30,31). The Morgan fingerprint density at radius 1 is 1.22 bits per heavy atom. The number of nitrogens with zero attached hydrogens (tertiary/aromatic N) is 4. The topological polar surface area (TPSA) is 94.0 Å². The molecule has 0 bridgehead atoms. The first-order valence-electron chi connectivity index (χ1n) is 10.9. The third kappa shape index (κ3) is 3.49. The van der Waals surface area contributed by atoms with Crippen LogP contribution in [0.4, 0.5) is 8.78 Å². The van der Waals surface area contributed by atoms with E-state index in [2.05, 4.69) is 21.3 Å². The molecule has 2 fully saturated rings. The van der Waals surface area contributed by atoms with Gasteiger partial charge in [0.25, 0.3) is 6.43 Å². The summed E-state index contributed by atoms with van der Waals surface area (Å²) in [4.78, 5) is 15.8. The largest absolute Gasteiger partial charge is 0.481 e. The summed E-state index contributed by atoms with van der Waals surface area (Å²) < 4.78 is 34.5. The maximum Gasteiger partial charge on any atom is 0.306 e. The molecular weight excluding hydrogens is 418 g/mol. The number of alkyl halides is 2. The molecule has 2 aliphatic carbocycles. The van der Waals surface area contributed by atoms with Crippen molar-refractivity contribution in [2.75, 3.05) is 0 Å². The maximum absolute atomic E-state index is 13.8. The lowest BCUT2D eigenvalue weighted by atomic mass is 9.86. The van der Waals surface area contributed by atoms with Gasteiger partial charge in [-0.15, -0.1) is 0 Å². The number of aryl methyl sites for hydroxylation is 1. The van der Waals surface area contributed by atoms with Gasteiger partial charge in [0, 0.05) is 0 Å². The fraction of sp³-hybridized carbons (Fsp3) is 0.478. The lowest BCUT2D eigenvalue weighted by Gasteiger charge is -2.27. The molecule has 7 nitrogen and oxygen atoms in total. The Bertz CT molecular complexity index is 1140. The van der Waals surface area contributed by atoms with Gasteiger partial charge in [0.2, 0.25) is 11.7 Å². The van der Waals surface area contributed by atoms with Crippen LogP contribution in [0.2, 0.25) is 0 Å². The molecule has 2 heterocycles. The Morgan fingerprint density at radius 3 is 2.56 bits per heavy atom.